The first-order chi connectivity index (χ1) is 4.13. The largest absolute Gasteiger partial charge is 0.294 e. The van der Waals surface area contributed by atoms with Gasteiger partial charge in [0.2, 0.25) is 0 Å². The summed E-state index contributed by atoms with van der Waals surface area (Å²) in [6, 6.07) is 0. The fourth-order valence-corrected chi connectivity index (χ4v) is 0.977. The molecule has 3 heteroatoms. The first-order valence-electron chi connectivity index (χ1n) is 2.53. The summed E-state index contributed by atoms with van der Waals surface area (Å²) in [6.07, 6.45) is 0.124. The Kier molecular flexibility index (Phi) is 1.41. The van der Waals surface area contributed by atoms with Crippen LogP contribution in [0.5, 0.6) is 0 Å². The number of hydrogen-bond acceptors (Lipinski definition) is 2. The molecule has 48 valence electrons. The summed E-state index contributed by atoms with van der Waals surface area (Å²) < 4.78 is 0. The van der Waals surface area contributed by atoms with Crippen molar-refractivity contribution in [3.63, 3.8) is 0 Å². The fourth-order valence-electron chi connectivity index (χ4n) is 0.705. The second kappa shape index (κ2) is 1.95. The molecule has 1 saturated carbocycles. The van der Waals surface area contributed by atoms with Crippen molar-refractivity contribution in [3.05, 3.63) is 12.2 Å². The van der Waals surface area contributed by atoms with Gasteiger partial charge in [-0.2, -0.15) is 0 Å². The third-order valence-corrected chi connectivity index (χ3v) is 1.64. The van der Waals surface area contributed by atoms with Gasteiger partial charge in [0.25, 0.3) is 0 Å². The Balaban J connectivity index is 2.90. The fraction of sp³-hybridized carbons (Fsp3) is 0.333. The average Bonchev–Trinajstić information content (AvgIpc) is 1.98. The van der Waals surface area contributed by atoms with Crippen molar-refractivity contribution in [2.75, 3.05) is 0 Å². The number of ketones is 2. The molecule has 0 aliphatic heterocycles. The maximum atomic E-state index is 10.7. The molecule has 0 aromatic carbocycles. The SMILES string of the molecule is C=C1C(=O)CC(Cl)C1=O. The van der Waals surface area contributed by atoms with E-state index in [1.165, 1.54) is 0 Å². The van der Waals surface area contributed by atoms with E-state index in [-0.39, 0.29) is 23.6 Å². The first-order valence-corrected chi connectivity index (χ1v) is 2.97. The molecule has 0 N–H and O–H groups in total. The lowest BCUT2D eigenvalue weighted by Gasteiger charge is -1.87. The predicted octanol–water partition coefficient (Wildman–Crippen LogP) is 0.692. The molecular weight excluding hydrogens is 140 g/mol. The molecule has 1 rings (SSSR count). The van der Waals surface area contributed by atoms with Crippen LogP contribution in [-0.4, -0.2) is 16.9 Å². The van der Waals surface area contributed by atoms with Gasteiger partial charge in [0.15, 0.2) is 11.6 Å². The molecule has 1 aliphatic carbocycles. The molecule has 1 aliphatic rings. The number of halogens is 1. The van der Waals surface area contributed by atoms with Crippen molar-refractivity contribution >= 4 is 23.2 Å². The molecule has 0 radical (unpaired) electrons. The van der Waals surface area contributed by atoms with E-state index in [0.29, 0.717) is 0 Å². The topological polar surface area (TPSA) is 34.1 Å². The lowest BCUT2D eigenvalue weighted by Crippen LogP contribution is -2.04. The Morgan fingerprint density at radius 2 is 2.11 bits per heavy atom. The molecule has 0 amide bonds. The minimum atomic E-state index is -0.648. The molecule has 0 heterocycles. The third-order valence-electron chi connectivity index (χ3n) is 1.28. The summed E-state index contributed by atoms with van der Waals surface area (Å²) in [5.74, 6) is -0.540. The second-order valence-electron chi connectivity index (χ2n) is 1.94. The van der Waals surface area contributed by atoms with Crippen molar-refractivity contribution < 1.29 is 9.59 Å². The predicted molar refractivity (Wildman–Crippen MR) is 33.4 cm³/mol. The van der Waals surface area contributed by atoms with Crippen LogP contribution in [0.2, 0.25) is 0 Å². The summed E-state index contributed by atoms with van der Waals surface area (Å²) in [7, 11) is 0. The lowest BCUT2D eigenvalue weighted by atomic mass is 10.2. The van der Waals surface area contributed by atoms with Gasteiger partial charge in [0.05, 0.1) is 5.57 Å². The summed E-state index contributed by atoms with van der Waals surface area (Å²) in [6.45, 7) is 3.28. The molecule has 1 fully saturated rings. The van der Waals surface area contributed by atoms with Gasteiger partial charge < -0.3 is 0 Å². The van der Waals surface area contributed by atoms with Crippen molar-refractivity contribution in [3.8, 4) is 0 Å². The molecule has 0 aromatic heterocycles. The van der Waals surface area contributed by atoms with Crippen molar-refractivity contribution in [2.45, 2.75) is 11.8 Å². The molecule has 0 aromatic rings. The highest BCUT2D eigenvalue weighted by atomic mass is 35.5. The van der Waals surface area contributed by atoms with Gasteiger partial charge in [0.1, 0.15) is 5.38 Å². The number of alkyl halides is 1. The number of rotatable bonds is 0. The van der Waals surface area contributed by atoms with Crippen LogP contribution in [-0.2, 0) is 9.59 Å². The first kappa shape index (κ1) is 6.49. The zero-order valence-corrected chi connectivity index (χ0v) is 5.44. The Bertz CT molecular complexity index is 195. The van der Waals surface area contributed by atoms with Gasteiger partial charge in [-0.25, -0.2) is 0 Å². The van der Waals surface area contributed by atoms with Crippen molar-refractivity contribution in [1.82, 2.24) is 0 Å². The van der Waals surface area contributed by atoms with Gasteiger partial charge in [-0.15, -0.1) is 11.6 Å². The maximum Gasteiger partial charge on any atom is 0.184 e. The van der Waals surface area contributed by atoms with Crippen LogP contribution in [0.25, 0.3) is 0 Å². The second-order valence-corrected chi connectivity index (χ2v) is 2.46. The number of carbonyl (C=O) groups excluding carboxylic acids is 2. The van der Waals surface area contributed by atoms with Crippen LogP contribution in [0.3, 0.4) is 0 Å². The molecule has 1 atom stereocenters. The Morgan fingerprint density at radius 3 is 2.22 bits per heavy atom. The maximum absolute atomic E-state index is 10.7. The zero-order chi connectivity index (χ0) is 7.02. The highest BCUT2D eigenvalue weighted by Crippen LogP contribution is 2.20. The van der Waals surface area contributed by atoms with E-state index < -0.39 is 5.38 Å². The number of allylic oxidation sites excluding steroid dienone is 1. The van der Waals surface area contributed by atoms with E-state index in [1.54, 1.807) is 0 Å². The highest BCUT2D eigenvalue weighted by molar-refractivity contribution is 6.43. The van der Waals surface area contributed by atoms with Gasteiger partial charge in [-0.05, 0) is 0 Å². The molecule has 1 unspecified atom stereocenters. The van der Waals surface area contributed by atoms with E-state index in [9.17, 15) is 9.59 Å². The van der Waals surface area contributed by atoms with Gasteiger partial charge in [-0.1, -0.05) is 6.58 Å². The van der Waals surface area contributed by atoms with Crippen LogP contribution in [0, 0.1) is 0 Å². The summed E-state index contributed by atoms with van der Waals surface area (Å²) in [4.78, 5) is 21.3. The molecular formula is C6H5ClO2. The van der Waals surface area contributed by atoms with Crippen LogP contribution in [0.4, 0.5) is 0 Å². The van der Waals surface area contributed by atoms with Gasteiger partial charge in [0, 0.05) is 6.42 Å². The van der Waals surface area contributed by atoms with E-state index in [2.05, 4.69) is 6.58 Å². The van der Waals surface area contributed by atoms with Crippen LogP contribution in [0.15, 0.2) is 12.2 Å². The zero-order valence-electron chi connectivity index (χ0n) is 4.69. The van der Waals surface area contributed by atoms with Crippen LogP contribution >= 0.6 is 11.6 Å². The van der Waals surface area contributed by atoms with Crippen molar-refractivity contribution in [2.24, 2.45) is 0 Å². The standard InChI is InChI=1S/C6H5ClO2/c1-3-5(8)2-4(7)6(3)9/h4H,1-2H2. The van der Waals surface area contributed by atoms with Crippen LogP contribution < -0.4 is 0 Å². The molecule has 2 nitrogen and oxygen atoms in total. The highest BCUT2D eigenvalue weighted by Gasteiger charge is 2.32. The van der Waals surface area contributed by atoms with Crippen molar-refractivity contribution in [1.29, 1.82) is 0 Å². The normalized spacial score (nSPS) is 27.7. The minimum absolute atomic E-state index is 0.0509. The molecule has 9 heavy (non-hydrogen) atoms. The quantitative estimate of drug-likeness (QED) is 0.285. The lowest BCUT2D eigenvalue weighted by molar-refractivity contribution is -0.116. The number of carbonyl (C=O) groups is 2. The minimum Gasteiger partial charge on any atom is -0.294 e. The number of hydrogen-bond donors (Lipinski definition) is 0. The van der Waals surface area contributed by atoms with E-state index in [0.717, 1.165) is 0 Å². The Morgan fingerprint density at radius 1 is 1.56 bits per heavy atom. The van der Waals surface area contributed by atoms with Gasteiger partial charge >= 0.3 is 0 Å². The van der Waals surface area contributed by atoms with E-state index >= 15 is 0 Å². The Labute approximate surface area is 57.5 Å². The van der Waals surface area contributed by atoms with E-state index in [4.69, 9.17) is 11.6 Å². The monoisotopic (exact) mass is 144 g/mol. The third kappa shape index (κ3) is 0.900. The smallest absolute Gasteiger partial charge is 0.184 e. The molecule has 0 saturated heterocycles. The number of Topliss-reactive ketones (excluding diaryl/α,β-unsaturated/α-hetero) is 2. The van der Waals surface area contributed by atoms with Crippen LogP contribution in [0.1, 0.15) is 6.42 Å². The van der Waals surface area contributed by atoms with Gasteiger partial charge in [-0.3, -0.25) is 9.59 Å². The Hall–Kier alpha value is -0.630. The summed E-state index contributed by atoms with van der Waals surface area (Å²) in [5.41, 5.74) is 0.0509. The molecule has 0 spiro atoms. The van der Waals surface area contributed by atoms with E-state index in [1.807, 2.05) is 0 Å². The average molecular weight is 145 g/mol. The summed E-state index contributed by atoms with van der Waals surface area (Å²) >= 11 is 5.42. The molecule has 0 bridgehead atoms. The summed E-state index contributed by atoms with van der Waals surface area (Å²) in [5, 5.41) is -0.648.